The summed E-state index contributed by atoms with van der Waals surface area (Å²) in [4.78, 5) is 50.2. The molecule has 0 saturated carbocycles. The second-order valence-electron chi connectivity index (χ2n) is 6.22. The molecule has 2 heterocycles. The minimum absolute atomic E-state index is 0.0166. The Morgan fingerprint density at radius 2 is 1.78 bits per heavy atom. The SMILES string of the molecule is CCOC(=O)[C@H]1C(=O)Nc2c(c(=O)n(C)c(=O)n2C)[C@H]1c1ccc(F)cc1. The number of carbonyl (C=O) groups is 2. The highest BCUT2D eigenvalue weighted by molar-refractivity contribution is 6.08. The largest absolute Gasteiger partial charge is 0.465 e. The highest BCUT2D eigenvalue weighted by Gasteiger charge is 2.45. The standard InChI is InChI=1S/C18H18FN3O5/c1-4-27-17(25)13-11(9-5-7-10(19)8-6-9)12-14(20-15(13)23)21(2)18(26)22(3)16(12)24/h5-8,11,13H,4H2,1-3H3,(H,20,23)/t11-,13-/m1/s1. The van der Waals surface area contributed by atoms with Crippen molar-refractivity contribution < 1.29 is 18.7 Å². The van der Waals surface area contributed by atoms with Gasteiger partial charge in [-0.25, -0.2) is 9.18 Å². The number of hydrogen-bond acceptors (Lipinski definition) is 5. The summed E-state index contributed by atoms with van der Waals surface area (Å²) in [5.74, 6) is -4.33. The van der Waals surface area contributed by atoms with Crippen LogP contribution in [0.1, 0.15) is 24.0 Å². The molecule has 0 fully saturated rings. The normalized spacial score (nSPS) is 18.6. The lowest BCUT2D eigenvalue weighted by molar-refractivity contribution is -0.151. The lowest BCUT2D eigenvalue weighted by Crippen LogP contribution is -2.49. The number of nitrogens with zero attached hydrogens (tertiary/aromatic N) is 2. The predicted octanol–water partition coefficient (Wildman–Crippen LogP) is 0.486. The lowest BCUT2D eigenvalue weighted by atomic mass is 9.78. The Kier molecular flexibility index (Phi) is 4.69. The number of amides is 1. The first-order valence-electron chi connectivity index (χ1n) is 8.30. The number of fused-ring (bicyclic) bond motifs is 1. The predicted molar refractivity (Wildman–Crippen MR) is 93.9 cm³/mol. The van der Waals surface area contributed by atoms with Gasteiger partial charge >= 0.3 is 11.7 Å². The molecule has 1 amide bonds. The Morgan fingerprint density at radius 3 is 2.37 bits per heavy atom. The molecular formula is C18H18FN3O5. The first-order chi connectivity index (χ1) is 12.8. The fraction of sp³-hybridized carbons (Fsp3) is 0.333. The third-order valence-electron chi connectivity index (χ3n) is 4.64. The van der Waals surface area contributed by atoms with Gasteiger partial charge in [-0.15, -0.1) is 0 Å². The van der Waals surface area contributed by atoms with Gasteiger partial charge in [0.1, 0.15) is 17.6 Å². The first kappa shape index (κ1) is 18.6. The van der Waals surface area contributed by atoms with Crippen LogP contribution >= 0.6 is 0 Å². The van der Waals surface area contributed by atoms with Gasteiger partial charge in [-0.2, -0.15) is 0 Å². The Hall–Kier alpha value is -3.23. The zero-order valence-corrected chi connectivity index (χ0v) is 15.0. The van der Waals surface area contributed by atoms with Gasteiger partial charge in [0.2, 0.25) is 5.91 Å². The maximum Gasteiger partial charge on any atom is 0.332 e. The van der Waals surface area contributed by atoms with Crippen LogP contribution in [0.3, 0.4) is 0 Å². The number of hydrogen-bond donors (Lipinski definition) is 1. The number of halogens is 1. The summed E-state index contributed by atoms with van der Waals surface area (Å²) >= 11 is 0. The van der Waals surface area contributed by atoms with Crippen LogP contribution in [0.15, 0.2) is 33.9 Å². The topological polar surface area (TPSA) is 99.4 Å². The van der Waals surface area contributed by atoms with E-state index in [-0.39, 0.29) is 18.0 Å². The number of esters is 1. The molecule has 1 aromatic carbocycles. The average molecular weight is 375 g/mol. The van der Waals surface area contributed by atoms with Crippen molar-refractivity contribution in [2.45, 2.75) is 12.8 Å². The number of benzene rings is 1. The number of nitrogens with one attached hydrogen (secondary N) is 1. The maximum absolute atomic E-state index is 13.4. The van der Waals surface area contributed by atoms with Crippen molar-refractivity contribution in [1.29, 1.82) is 0 Å². The minimum atomic E-state index is -1.34. The van der Waals surface area contributed by atoms with Crippen molar-refractivity contribution >= 4 is 17.7 Å². The van der Waals surface area contributed by atoms with E-state index in [2.05, 4.69) is 5.32 Å². The number of anilines is 1. The fourth-order valence-electron chi connectivity index (χ4n) is 3.32. The third kappa shape index (κ3) is 2.94. The molecule has 2 aromatic rings. The van der Waals surface area contributed by atoms with Crippen LogP contribution in [0.2, 0.25) is 0 Å². The third-order valence-corrected chi connectivity index (χ3v) is 4.64. The zero-order valence-electron chi connectivity index (χ0n) is 15.0. The second kappa shape index (κ2) is 6.82. The van der Waals surface area contributed by atoms with Crippen LogP contribution in [0, 0.1) is 11.7 Å². The number of rotatable bonds is 3. The summed E-state index contributed by atoms with van der Waals surface area (Å²) in [6, 6.07) is 5.16. The molecule has 0 radical (unpaired) electrons. The fourth-order valence-corrected chi connectivity index (χ4v) is 3.32. The molecule has 0 aliphatic carbocycles. The van der Waals surface area contributed by atoms with Gasteiger partial charge in [0.15, 0.2) is 0 Å². The Balaban J connectivity index is 2.34. The molecule has 27 heavy (non-hydrogen) atoms. The summed E-state index contributed by atoms with van der Waals surface area (Å²) in [6.45, 7) is 1.65. The van der Waals surface area contributed by atoms with Gasteiger partial charge in [-0.1, -0.05) is 12.1 Å². The molecule has 0 spiro atoms. The Labute approximate surface area is 153 Å². The van der Waals surface area contributed by atoms with Gasteiger partial charge in [0.25, 0.3) is 5.56 Å². The van der Waals surface area contributed by atoms with Crippen LogP contribution in [0.25, 0.3) is 0 Å². The van der Waals surface area contributed by atoms with E-state index in [9.17, 15) is 23.6 Å². The second-order valence-corrected chi connectivity index (χ2v) is 6.22. The minimum Gasteiger partial charge on any atom is -0.465 e. The van der Waals surface area contributed by atoms with E-state index in [1.54, 1.807) is 6.92 Å². The smallest absolute Gasteiger partial charge is 0.332 e. The van der Waals surface area contributed by atoms with Crippen LogP contribution in [0.4, 0.5) is 10.2 Å². The molecule has 0 unspecified atom stereocenters. The Morgan fingerprint density at radius 1 is 1.15 bits per heavy atom. The van der Waals surface area contributed by atoms with Crippen molar-refractivity contribution in [3.63, 3.8) is 0 Å². The van der Waals surface area contributed by atoms with E-state index in [4.69, 9.17) is 4.74 Å². The molecule has 1 N–H and O–H groups in total. The lowest BCUT2D eigenvalue weighted by Gasteiger charge is -2.32. The van der Waals surface area contributed by atoms with E-state index in [0.29, 0.717) is 5.56 Å². The zero-order chi connectivity index (χ0) is 19.9. The summed E-state index contributed by atoms with van der Waals surface area (Å²) in [5, 5.41) is 2.47. The summed E-state index contributed by atoms with van der Waals surface area (Å²) < 4.78 is 20.4. The Bertz CT molecular complexity index is 1040. The average Bonchev–Trinajstić information content (AvgIpc) is 2.64. The molecule has 1 aromatic heterocycles. The van der Waals surface area contributed by atoms with Crippen LogP contribution < -0.4 is 16.6 Å². The molecule has 0 bridgehead atoms. The van der Waals surface area contributed by atoms with Crippen LogP contribution in [-0.4, -0.2) is 27.6 Å². The van der Waals surface area contributed by atoms with Gasteiger partial charge in [-0.05, 0) is 24.6 Å². The molecule has 8 nitrogen and oxygen atoms in total. The van der Waals surface area contributed by atoms with Crippen LogP contribution in [-0.2, 0) is 28.4 Å². The molecule has 142 valence electrons. The highest BCUT2D eigenvalue weighted by Crippen LogP contribution is 2.38. The van der Waals surface area contributed by atoms with Crippen molar-refractivity contribution in [2.24, 2.45) is 20.0 Å². The molecular weight excluding hydrogens is 357 g/mol. The molecule has 9 heteroatoms. The number of aromatic nitrogens is 2. The van der Waals surface area contributed by atoms with Crippen molar-refractivity contribution in [3.05, 3.63) is 62.0 Å². The molecule has 3 rings (SSSR count). The van der Waals surface area contributed by atoms with Crippen LogP contribution in [0.5, 0.6) is 0 Å². The van der Waals surface area contributed by atoms with Gasteiger partial charge in [0.05, 0.1) is 12.2 Å². The van der Waals surface area contributed by atoms with E-state index in [1.807, 2.05) is 0 Å². The monoisotopic (exact) mass is 375 g/mol. The first-order valence-corrected chi connectivity index (χ1v) is 8.30. The maximum atomic E-state index is 13.4. The van der Waals surface area contributed by atoms with Crippen molar-refractivity contribution in [2.75, 3.05) is 11.9 Å². The summed E-state index contributed by atoms with van der Waals surface area (Å²) in [7, 11) is 2.72. The van der Waals surface area contributed by atoms with Crippen molar-refractivity contribution in [1.82, 2.24) is 9.13 Å². The molecule has 1 aliphatic heterocycles. The van der Waals surface area contributed by atoms with Crippen molar-refractivity contribution in [3.8, 4) is 0 Å². The van der Waals surface area contributed by atoms with E-state index >= 15 is 0 Å². The molecule has 2 atom stereocenters. The summed E-state index contributed by atoms with van der Waals surface area (Å²) in [6.07, 6.45) is 0. The highest BCUT2D eigenvalue weighted by atomic mass is 19.1. The van der Waals surface area contributed by atoms with E-state index in [0.717, 1.165) is 9.13 Å². The molecule has 1 aliphatic rings. The van der Waals surface area contributed by atoms with Gasteiger partial charge in [0, 0.05) is 20.0 Å². The number of ether oxygens (including phenoxy) is 1. The quantitative estimate of drug-likeness (QED) is 0.622. The van der Waals surface area contributed by atoms with Gasteiger partial charge < -0.3 is 10.1 Å². The van der Waals surface area contributed by atoms with Gasteiger partial charge in [-0.3, -0.25) is 23.5 Å². The summed E-state index contributed by atoms with van der Waals surface area (Å²) in [5.41, 5.74) is -0.798. The molecule has 0 saturated heterocycles. The number of carbonyl (C=O) groups excluding carboxylic acids is 2. The van der Waals surface area contributed by atoms with E-state index < -0.39 is 40.8 Å². The van der Waals surface area contributed by atoms with E-state index in [1.165, 1.54) is 38.4 Å².